The zero-order valence-corrected chi connectivity index (χ0v) is 6.18. The predicted octanol–water partition coefficient (Wildman–Crippen LogP) is 0.123. The smallest absolute Gasteiger partial charge is 0.0744 e. The van der Waals surface area contributed by atoms with Gasteiger partial charge in [-0.05, 0) is 0 Å². The van der Waals surface area contributed by atoms with Crippen molar-refractivity contribution in [3.05, 3.63) is 0 Å². The molecule has 0 saturated heterocycles. The summed E-state index contributed by atoms with van der Waals surface area (Å²) in [4.78, 5) is 7.94. The average Bonchev–Trinajstić information content (AvgIpc) is 1.41. The molecule has 0 rings (SSSR count). The maximum atomic E-state index is 3.97. The van der Waals surface area contributed by atoms with Crippen molar-refractivity contribution >= 4 is 0 Å². The van der Waals surface area contributed by atoms with Crippen molar-refractivity contribution in [1.29, 1.82) is 0 Å². The van der Waals surface area contributed by atoms with Gasteiger partial charge >= 0.3 is 0 Å². The summed E-state index contributed by atoms with van der Waals surface area (Å²) >= 11 is 0. The molecule has 0 fully saturated rings. The minimum Gasteiger partial charge on any atom is -0.210 e. The van der Waals surface area contributed by atoms with Gasteiger partial charge < -0.3 is 0 Å². The van der Waals surface area contributed by atoms with Crippen LogP contribution in [0.3, 0.4) is 0 Å². The maximum absolute atomic E-state index is 3.97. The van der Waals surface area contributed by atoms with Gasteiger partial charge in [-0.2, -0.15) is 0 Å². The summed E-state index contributed by atoms with van der Waals surface area (Å²) < 4.78 is 0. The molecule has 0 aliphatic carbocycles. The summed E-state index contributed by atoms with van der Waals surface area (Å²) in [6.07, 6.45) is 0. The van der Waals surface area contributed by atoms with Gasteiger partial charge in [-0.3, -0.25) is 0 Å². The van der Waals surface area contributed by atoms with Crippen LogP contribution in [0.25, 0.3) is 0 Å². The van der Waals surface area contributed by atoms with Crippen LogP contribution in [0.1, 0.15) is 0 Å². The van der Waals surface area contributed by atoms with E-state index in [-0.39, 0.29) is 26.2 Å². The largest absolute Gasteiger partial charge is 0.210 e. The molecule has 0 radical (unpaired) electrons. The Hall–Kier alpha value is 0.763. The van der Waals surface area contributed by atoms with Crippen molar-refractivity contribution in [1.82, 2.24) is 0 Å². The van der Waals surface area contributed by atoms with Crippen molar-refractivity contribution < 1.29 is 41.0 Å². The van der Waals surface area contributed by atoms with Crippen LogP contribution in [-0.4, -0.2) is 14.2 Å². The normalized spacial score (nSPS) is 7.00. The summed E-state index contributed by atoms with van der Waals surface area (Å²) in [6, 6.07) is 0. The number of hydrogen-bond donors (Lipinski definition) is 0. The second-order valence-corrected chi connectivity index (χ2v) is 0.401. The van der Waals surface area contributed by atoms with Crippen LogP contribution >= 0.6 is 0 Å². The Kier molecular flexibility index (Phi) is 15.2. The zero-order valence-electron chi connectivity index (χ0n) is 3.72. The van der Waals surface area contributed by atoms with E-state index in [2.05, 4.69) is 14.8 Å². The topological polar surface area (TPSA) is 27.7 Å². The third-order valence-corrected chi connectivity index (χ3v) is 0.136. The molecule has 0 N–H and O–H groups in total. The molecule has 3 nitrogen and oxygen atoms in total. The first-order valence-electron chi connectivity index (χ1n) is 1.15. The molecule has 0 aromatic rings. The van der Waals surface area contributed by atoms with Gasteiger partial charge in [0.1, 0.15) is 0 Å². The molecule has 0 bridgehead atoms. The fourth-order valence-electron chi connectivity index (χ4n) is 0.0680. The van der Waals surface area contributed by atoms with Crippen LogP contribution in [-0.2, 0) is 41.0 Å². The van der Waals surface area contributed by atoms with E-state index >= 15 is 0 Å². The van der Waals surface area contributed by atoms with Crippen molar-refractivity contribution in [3.63, 3.8) is 0 Å². The molecule has 0 amide bonds. The summed E-state index contributed by atoms with van der Waals surface area (Å²) in [5.41, 5.74) is 0. The molecule has 0 aliphatic rings. The molecule has 0 spiro atoms. The van der Waals surface area contributed by atoms with E-state index in [0.717, 1.165) is 0 Å². The molecule has 0 aromatic carbocycles. The van der Waals surface area contributed by atoms with Gasteiger partial charge in [0.25, 0.3) is 0 Å². The number of rotatable bonds is 2. The van der Waals surface area contributed by atoms with Crippen LogP contribution in [0, 0.1) is 0 Å². The Labute approximate surface area is 55.6 Å². The molecular weight excluding hydrogens is 163 g/mol. The van der Waals surface area contributed by atoms with Crippen LogP contribution in [0.15, 0.2) is 0 Å². The number of hydrogen-bond acceptors (Lipinski definition) is 3. The molecule has 0 heterocycles. The fraction of sp³-hybridized carbons (Fsp3) is 1.00. The average molecular weight is 169 g/mol. The van der Waals surface area contributed by atoms with E-state index in [4.69, 9.17) is 0 Å². The second kappa shape index (κ2) is 9.23. The standard InChI is InChI=1S/C2H6O3.Zr/c1-3-5-4-2;/h1-2H3;. The van der Waals surface area contributed by atoms with E-state index < -0.39 is 0 Å². The molecular formula is C2H6O3Zr. The SMILES string of the molecule is COOOC.[Zr]. The van der Waals surface area contributed by atoms with Gasteiger partial charge in [-0.15, -0.1) is 0 Å². The van der Waals surface area contributed by atoms with Gasteiger partial charge in [-0.1, -0.05) is 5.04 Å². The van der Waals surface area contributed by atoms with E-state index in [1.54, 1.807) is 0 Å². The third kappa shape index (κ3) is 8.83. The van der Waals surface area contributed by atoms with E-state index in [1.165, 1.54) is 14.2 Å². The summed E-state index contributed by atoms with van der Waals surface area (Å²) in [5.74, 6) is 0. The van der Waals surface area contributed by atoms with E-state index in [0.29, 0.717) is 0 Å². The second-order valence-electron chi connectivity index (χ2n) is 0.401. The Bertz CT molecular complexity index is 16.3. The quantitative estimate of drug-likeness (QED) is 0.434. The monoisotopic (exact) mass is 168 g/mol. The Balaban J connectivity index is 0. The summed E-state index contributed by atoms with van der Waals surface area (Å²) in [5, 5.41) is 3.83. The van der Waals surface area contributed by atoms with Crippen LogP contribution in [0.2, 0.25) is 0 Å². The third-order valence-electron chi connectivity index (χ3n) is 0.136. The zero-order chi connectivity index (χ0) is 4.12. The predicted molar refractivity (Wildman–Crippen MR) is 15.1 cm³/mol. The maximum Gasteiger partial charge on any atom is 0.0744 e. The first-order valence-corrected chi connectivity index (χ1v) is 1.15. The Morgan fingerprint density at radius 1 is 1.00 bits per heavy atom. The first kappa shape index (κ1) is 9.90. The van der Waals surface area contributed by atoms with Gasteiger partial charge in [0.15, 0.2) is 0 Å². The summed E-state index contributed by atoms with van der Waals surface area (Å²) in [6.45, 7) is 0. The van der Waals surface area contributed by atoms with Crippen molar-refractivity contribution in [3.8, 4) is 0 Å². The minimum absolute atomic E-state index is 0. The van der Waals surface area contributed by atoms with Gasteiger partial charge in [-0.25, -0.2) is 9.78 Å². The van der Waals surface area contributed by atoms with Gasteiger partial charge in [0, 0.05) is 26.2 Å². The van der Waals surface area contributed by atoms with Crippen LogP contribution in [0.4, 0.5) is 0 Å². The molecule has 36 valence electrons. The minimum atomic E-state index is 0. The molecule has 0 unspecified atom stereocenters. The van der Waals surface area contributed by atoms with Gasteiger partial charge in [0.2, 0.25) is 0 Å². The molecule has 0 saturated carbocycles. The van der Waals surface area contributed by atoms with Crippen molar-refractivity contribution in [2.75, 3.05) is 14.2 Å². The van der Waals surface area contributed by atoms with E-state index in [1.807, 2.05) is 0 Å². The Morgan fingerprint density at radius 2 is 1.33 bits per heavy atom. The first-order chi connectivity index (χ1) is 2.41. The van der Waals surface area contributed by atoms with Crippen molar-refractivity contribution in [2.24, 2.45) is 0 Å². The molecule has 0 aromatic heterocycles. The van der Waals surface area contributed by atoms with Crippen LogP contribution < -0.4 is 0 Å². The molecule has 6 heavy (non-hydrogen) atoms. The van der Waals surface area contributed by atoms with Crippen LogP contribution in [0.5, 0.6) is 0 Å². The molecule has 4 heteroatoms. The molecule has 0 aliphatic heterocycles. The molecule has 0 atom stereocenters. The van der Waals surface area contributed by atoms with Gasteiger partial charge in [0.05, 0.1) is 14.2 Å². The van der Waals surface area contributed by atoms with Crippen molar-refractivity contribution in [2.45, 2.75) is 0 Å². The Morgan fingerprint density at radius 3 is 1.33 bits per heavy atom. The summed E-state index contributed by atoms with van der Waals surface area (Å²) in [7, 11) is 2.73. The fourth-order valence-corrected chi connectivity index (χ4v) is 0.0680. The van der Waals surface area contributed by atoms with E-state index in [9.17, 15) is 0 Å².